The number of hydrogen-bond donors (Lipinski definition) is 0. The Bertz CT molecular complexity index is 417. The second-order valence-electron chi connectivity index (χ2n) is 12.1. The predicted molar refractivity (Wildman–Crippen MR) is 169 cm³/mol. The molecule has 38 heavy (non-hydrogen) atoms. The third-order valence-electron chi connectivity index (χ3n) is 8.63. The van der Waals surface area contributed by atoms with E-state index >= 15 is 0 Å². The lowest BCUT2D eigenvalue weighted by Gasteiger charge is -2.38. The van der Waals surface area contributed by atoms with E-state index in [9.17, 15) is 0 Å². The Labute approximate surface area is 241 Å². The van der Waals surface area contributed by atoms with Crippen LogP contribution < -0.4 is 0 Å². The maximum Gasteiger partial charge on any atom is 0.102 e. The summed E-state index contributed by atoms with van der Waals surface area (Å²) in [6, 6.07) is 0. The highest BCUT2D eigenvalue weighted by Crippen LogP contribution is 2.17. The highest BCUT2D eigenvalue weighted by molar-refractivity contribution is 4.53. The topological polar surface area (TPSA) is 18.5 Å². The van der Waals surface area contributed by atoms with Gasteiger partial charge in [-0.25, -0.2) is 0 Å². The number of nitrogens with zero attached hydrogens (tertiary/aromatic N) is 2. The molecule has 0 aliphatic heterocycles. The molecular weight excluding hydrogens is 468 g/mol. The van der Waals surface area contributed by atoms with Crippen molar-refractivity contribution >= 4 is 0 Å². The zero-order chi connectivity index (χ0) is 28.2. The van der Waals surface area contributed by atoms with E-state index in [0.717, 1.165) is 26.4 Å². The fraction of sp³-hybridized carbons (Fsp3) is 1.00. The Kier molecular flexibility index (Phi) is 26.9. The molecule has 0 spiro atoms. The summed E-state index contributed by atoms with van der Waals surface area (Å²) in [5.41, 5.74) is 0. The molecule has 0 unspecified atom stereocenters. The average molecular weight is 543 g/mol. The lowest BCUT2D eigenvalue weighted by atomic mass is 10.0. The van der Waals surface area contributed by atoms with Gasteiger partial charge in [-0.05, 0) is 65.2 Å². The van der Waals surface area contributed by atoms with Gasteiger partial charge in [0.25, 0.3) is 0 Å². The number of ether oxygens (including phenoxy) is 2. The zero-order valence-electron chi connectivity index (χ0n) is 27.5. The number of unbranched alkanes of at least 4 members (excludes halogenated alkanes) is 11. The number of rotatable bonds is 31. The molecule has 0 aliphatic rings. The summed E-state index contributed by atoms with van der Waals surface area (Å²) in [7, 11) is 0. The minimum absolute atomic E-state index is 0.853. The third-order valence-corrected chi connectivity index (χ3v) is 8.63. The fourth-order valence-corrected chi connectivity index (χ4v) is 6.71. The first kappa shape index (κ1) is 37.8. The van der Waals surface area contributed by atoms with E-state index in [1.165, 1.54) is 164 Å². The first-order valence-electron chi connectivity index (χ1n) is 17.4. The zero-order valence-corrected chi connectivity index (χ0v) is 27.5. The number of hydrogen-bond acceptors (Lipinski definition) is 2. The van der Waals surface area contributed by atoms with Crippen molar-refractivity contribution in [1.82, 2.24) is 0 Å². The lowest BCUT2D eigenvalue weighted by Crippen LogP contribution is -2.51. The van der Waals surface area contributed by atoms with Gasteiger partial charge in [0.05, 0.1) is 52.5 Å². The van der Waals surface area contributed by atoms with Gasteiger partial charge in [-0.3, -0.25) is 0 Å². The fourth-order valence-electron chi connectivity index (χ4n) is 6.71. The van der Waals surface area contributed by atoms with Crippen molar-refractivity contribution in [3.8, 4) is 0 Å². The second-order valence-corrected chi connectivity index (χ2v) is 12.1. The Morgan fingerprint density at radius 3 is 0.816 bits per heavy atom. The van der Waals surface area contributed by atoms with E-state index < -0.39 is 0 Å². The van der Waals surface area contributed by atoms with Crippen molar-refractivity contribution in [2.45, 2.75) is 144 Å². The monoisotopic (exact) mass is 543 g/mol. The molecule has 0 saturated carbocycles. The van der Waals surface area contributed by atoms with E-state index in [-0.39, 0.29) is 0 Å². The molecule has 0 saturated heterocycles. The molecule has 0 fully saturated rings. The first-order valence-corrected chi connectivity index (χ1v) is 17.4. The van der Waals surface area contributed by atoms with E-state index in [1.807, 2.05) is 0 Å². The molecule has 0 rings (SSSR count). The summed E-state index contributed by atoms with van der Waals surface area (Å²) in [5.74, 6) is 0. The van der Waals surface area contributed by atoms with Crippen LogP contribution in [0.3, 0.4) is 0 Å². The molecule has 0 aromatic heterocycles. The maximum absolute atomic E-state index is 5.73. The third kappa shape index (κ3) is 19.8. The molecular formula is C34H74N2O2+2. The average Bonchev–Trinajstić information content (AvgIpc) is 2.90. The molecule has 230 valence electrons. The van der Waals surface area contributed by atoms with Crippen LogP contribution in [-0.2, 0) is 9.47 Å². The molecule has 0 atom stereocenters. The van der Waals surface area contributed by atoms with Crippen LogP contribution in [0.1, 0.15) is 144 Å². The summed E-state index contributed by atoms with van der Waals surface area (Å²) >= 11 is 0. The van der Waals surface area contributed by atoms with Crippen molar-refractivity contribution in [3.05, 3.63) is 0 Å². The van der Waals surface area contributed by atoms with Crippen molar-refractivity contribution in [2.75, 3.05) is 78.8 Å². The van der Waals surface area contributed by atoms with Gasteiger partial charge in [-0.15, -0.1) is 0 Å². The standard InChI is InChI=1S/C34H74N2O2/c1-7-25-35(26-8-2,31-33-37-11-5)29-23-21-19-17-15-13-14-16-18-20-22-24-30-36(27-9-3,28-10-4)32-34-38-12-6/h7-34H2,1-6H3/q+2. The van der Waals surface area contributed by atoms with Crippen molar-refractivity contribution < 1.29 is 18.4 Å². The van der Waals surface area contributed by atoms with Gasteiger partial charge < -0.3 is 18.4 Å². The van der Waals surface area contributed by atoms with Crippen LogP contribution in [0.25, 0.3) is 0 Å². The molecule has 0 heterocycles. The summed E-state index contributed by atoms with van der Waals surface area (Å²) in [6.07, 6.45) is 22.3. The highest BCUT2D eigenvalue weighted by Gasteiger charge is 2.25. The van der Waals surface area contributed by atoms with Gasteiger partial charge in [0.15, 0.2) is 0 Å². The SMILES string of the molecule is CCC[N+](CCC)(CCCCCCCCCCCCCC[N+](CCC)(CCC)CCOCC)CCOCC. The van der Waals surface area contributed by atoms with Gasteiger partial charge in [-0.1, -0.05) is 79.1 Å². The molecule has 4 heteroatoms. The van der Waals surface area contributed by atoms with Crippen molar-refractivity contribution in [1.29, 1.82) is 0 Å². The Balaban J connectivity index is 3.90. The quantitative estimate of drug-likeness (QED) is 0.0642. The molecule has 0 aliphatic carbocycles. The largest absolute Gasteiger partial charge is 0.376 e. The molecule has 0 aromatic rings. The molecule has 0 N–H and O–H groups in total. The lowest BCUT2D eigenvalue weighted by molar-refractivity contribution is -0.928. The summed E-state index contributed by atoms with van der Waals surface area (Å²) in [5, 5.41) is 0. The van der Waals surface area contributed by atoms with Crippen LogP contribution in [0.15, 0.2) is 0 Å². The van der Waals surface area contributed by atoms with E-state index in [2.05, 4.69) is 41.5 Å². The van der Waals surface area contributed by atoms with Crippen LogP contribution >= 0.6 is 0 Å². The van der Waals surface area contributed by atoms with Crippen LogP contribution in [0.4, 0.5) is 0 Å². The number of quaternary nitrogens is 2. The summed E-state index contributed by atoms with van der Waals surface area (Å²) in [6.45, 7) is 27.6. The summed E-state index contributed by atoms with van der Waals surface area (Å²) < 4.78 is 14.0. The normalized spacial score (nSPS) is 12.5. The minimum Gasteiger partial charge on any atom is -0.376 e. The maximum atomic E-state index is 5.73. The van der Waals surface area contributed by atoms with E-state index in [0.29, 0.717) is 0 Å². The van der Waals surface area contributed by atoms with Gasteiger partial charge in [0.2, 0.25) is 0 Å². The first-order chi connectivity index (χ1) is 18.6. The summed E-state index contributed by atoms with van der Waals surface area (Å²) in [4.78, 5) is 0. The van der Waals surface area contributed by atoms with Crippen molar-refractivity contribution in [3.63, 3.8) is 0 Å². The van der Waals surface area contributed by atoms with Crippen molar-refractivity contribution in [2.24, 2.45) is 0 Å². The van der Waals surface area contributed by atoms with Gasteiger partial charge in [0, 0.05) is 13.2 Å². The van der Waals surface area contributed by atoms with Crippen LogP contribution in [0.5, 0.6) is 0 Å². The Morgan fingerprint density at radius 2 is 0.579 bits per heavy atom. The molecule has 4 nitrogen and oxygen atoms in total. The predicted octanol–water partition coefficient (Wildman–Crippen LogP) is 9.01. The second kappa shape index (κ2) is 27.0. The van der Waals surface area contributed by atoms with Gasteiger partial charge >= 0.3 is 0 Å². The molecule has 0 aromatic carbocycles. The van der Waals surface area contributed by atoms with Gasteiger partial charge in [0.1, 0.15) is 13.1 Å². The molecule has 0 amide bonds. The van der Waals surface area contributed by atoms with Crippen LogP contribution in [0.2, 0.25) is 0 Å². The minimum atomic E-state index is 0.853. The van der Waals surface area contributed by atoms with Gasteiger partial charge in [-0.2, -0.15) is 0 Å². The van der Waals surface area contributed by atoms with Crippen LogP contribution in [0, 0.1) is 0 Å². The van der Waals surface area contributed by atoms with E-state index in [4.69, 9.17) is 9.47 Å². The van der Waals surface area contributed by atoms with E-state index in [1.54, 1.807) is 0 Å². The molecule has 0 bridgehead atoms. The molecule has 0 radical (unpaired) electrons. The highest BCUT2D eigenvalue weighted by atomic mass is 16.5. The van der Waals surface area contributed by atoms with Crippen LogP contribution in [-0.4, -0.2) is 87.8 Å². The Hall–Kier alpha value is -0.160. The smallest absolute Gasteiger partial charge is 0.102 e. The Morgan fingerprint density at radius 1 is 0.316 bits per heavy atom.